The van der Waals surface area contributed by atoms with E-state index in [1.807, 2.05) is 4.90 Å². The van der Waals surface area contributed by atoms with E-state index in [2.05, 4.69) is 0 Å². The smallest absolute Gasteiger partial charge is 0.313 e. The summed E-state index contributed by atoms with van der Waals surface area (Å²) in [6.07, 6.45) is 2.92. The molecule has 1 aliphatic carbocycles. The van der Waals surface area contributed by atoms with Crippen LogP contribution in [0.4, 0.5) is 4.39 Å². The maximum atomic E-state index is 14.1. The fraction of sp³-hybridized carbons (Fsp3) is 0.579. The minimum Gasteiger partial charge on any atom is -0.481 e. The van der Waals surface area contributed by atoms with Crippen molar-refractivity contribution in [2.75, 3.05) is 26.2 Å². The van der Waals surface area contributed by atoms with E-state index in [9.17, 15) is 19.1 Å². The SMILES string of the molecule is O=C(C1CCC1)N1C[C@@H]2CN(Cc3ccc(Cl)cc3F)C[C@]2(C(=O)O)C1. The highest BCUT2D eigenvalue weighted by atomic mass is 35.5. The summed E-state index contributed by atoms with van der Waals surface area (Å²) >= 11 is 5.79. The number of fused-ring (bicyclic) bond motifs is 1. The van der Waals surface area contributed by atoms with Crippen LogP contribution in [0.15, 0.2) is 18.2 Å². The molecule has 0 aromatic heterocycles. The number of rotatable bonds is 4. The second-order valence-corrected chi connectivity index (χ2v) is 8.35. The Morgan fingerprint density at radius 1 is 1.27 bits per heavy atom. The number of nitrogens with zero attached hydrogens (tertiary/aromatic N) is 2. The molecule has 0 spiro atoms. The van der Waals surface area contributed by atoms with Crippen LogP contribution in [0.25, 0.3) is 0 Å². The van der Waals surface area contributed by atoms with Crippen molar-refractivity contribution in [3.8, 4) is 0 Å². The first-order valence-corrected chi connectivity index (χ1v) is 9.45. The predicted octanol–water partition coefficient (Wildman–Crippen LogP) is 2.62. The van der Waals surface area contributed by atoms with Gasteiger partial charge in [0.25, 0.3) is 0 Å². The van der Waals surface area contributed by atoms with E-state index in [0.717, 1.165) is 19.3 Å². The molecule has 4 rings (SSSR count). The van der Waals surface area contributed by atoms with Crippen LogP contribution in [-0.4, -0.2) is 53.0 Å². The largest absolute Gasteiger partial charge is 0.481 e. The molecular formula is C19H22ClFN2O3. The first-order valence-electron chi connectivity index (χ1n) is 9.07. The number of likely N-dealkylation sites (tertiary alicyclic amines) is 2. The molecular weight excluding hydrogens is 359 g/mol. The molecule has 7 heteroatoms. The fourth-order valence-corrected chi connectivity index (χ4v) is 4.72. The van der Waals surface area contributed by atoms with E-state index >= 15 is 0 Å². The second kappa shape index (κ2) is 6.50. The number of amides is 1. The molecule has 2 saturated heterocycles. The molecule has 2 heterocycles. The fourth-order valence-electron chi connectivity index (χ4n) is 4.56. The molecule has 1 aromatic rings. The molecule has 3 fully saturated rings. The van der Waals surface area contributed by atoms with Gasteiger partial charge in [-0.2, -0.15) is 0 Å². The average Bonchev–Trinajstić information content (AvgIpc) is 3.03. The van der Waals surface area contributed by atoms with E-state index in [0.29, 0.717) is 36.8 Å². The Balaban J connectivity index is 1.48. The third-order valence-corrected chi connectivity index (χ3v) is 6.52. The molecule has 2 aliphatic heterocycles. The molecule has 26 heavy (non-hydrogen) atoms. The summed E-state index contributed by atoms with van der Waals surface area (Å²) < 4.78 is 14.1. The van der Waals surface area contributed by atoms with E-state index in [1.54, 1.807) is 17.0 Å². The lowest BCUT2D eigenvalue weighted by Crippen LogP contribution is -2.44. The number of hydrogen-bond acceptors (Lipinski definition) is 3. The molecule has 0 bridgehead atoms. The van der Waals surface area contributed by atoms with Crippen molar-refractivity contribution in [2.45, 2.75) is 25.8 Å². The van der Waals surface area contributed by atoms with Crippen LogP contribution in [-0.2, 0) is 16.1 Å². The number of halogens is 2. The standard InChI is InChI=1S/C19H22ClFN2O3/c20-15-5-4-13(16(21)6-15)7-22-8-14-9-23(17(24)12-2-1-3-12)11-19(14,10-22)18(25)26/h4-6,12,14H,1-3,7-11H2,(H,25,26)/t14-,19-/m0/s1. The van der Waals surface area contributed by atoms with E-state index in [1.165, 1.54) is 6.07 Å². The number of carboxylic acid groups (broad SMARTS) is 1. The Morgan fingerprint density at radius 3 is 2.62 bits per heavy atom. The Kier molecular flexibility index (Phi) is 4.43. The highest BCUT2D eigenvalue weighted by Gasteiger charge is 2.58. The van der Waals surface area contributed by atoms with Crippen molar-refractivity contribution in [3.63, 3.8) is 0 Å². The van der Waals surface area contributed by atoms with Crippen LogP contribution in [0, 0.1) is 23.1 Å². The molecule has 1 saturated carbocycles. The van der Waals surface area contributed by atoms with Gasteiger partial charge in [0.2, 0.25) is 5.91 Å². The number of carbonyl (C=O) groups excluding carboxylic acids is 1. The van der Waals surface area contributed by atoms with Crippen molar-refractivity contribution in [1.82, 2.24) is 9.80 Å². The summed E-state index contributed by atoms with van der Waals surface area (Å²) in [5.74, 6) is -1.15. The third-order valence-electron chi connectivity index (χ3n) is 6.28. The van der Waals surface area contributed by atoms with E-state index in [4.69, 9.17) is 11.6 Å². The molecule has 2 atom stereocenters. The lowest BCUT2D eigenvalue weighted by molar-refractivity contribution is -0.149. The normalized spacial score (nSPS) is 28.8. The highest BCUT2D eigenvalue weighted by molar-refractivity contribution is 6.30. The predicted molar refractivity (Wildman–Crippen MR) is 94.2 cm³/mol. The number of aliphatic carboxylic acids is 1. The lowest BCUT2D eigenvalue weighted by Gasteiger charge is -2.31. The van der Waals surface area contributed by atoms with Crippen molar-refractivity contribution in [2.24, 2.45) is 17.3 Å². The maximum absolute atomic E-state index is 14.1. The van der Waals surface area contributed by atoms with Crippen LogP contribution in [0.5, 0.6) is 0 Å². The third kappa shape index (κ3) is 2.89. The number of benzene rings is 1. The molecule has 0 radical (unpaired) electrons. The Bertz CT molecular complexity index is 754. The maximum Gasteiger partial charge on any atom is 0.313 e. The van der Waals surface area contributed by atoms with Gasteiger partial charge in [0.05, 0.1) is 0 Å². The Labute approximate surface area is 156 Å². The van der Waals surface area contributed by atoms with Gasteiger partial charge in [0.1, 0.15) is 11.2 Å². The summed E-state index contributed by atoms with van der Waals surface area (Å²) in [6, 6.07) is 4.56. The average molecular weight is 381 g/mol. The van der Waals surface area contributed by atoms with Gasteiger partial charge in [0.15, 0.2) is 0 Å². The quantitative estimate of drug-likeness (QED) is 0.872. The lowest BCUT2D eigenvalue weighted by atomic mass is 9.81. The summed E-state index contributed by atoms with van der Waals surface area (Å²) in [7, 11) is 0. The second-order valence-electron chi connectivity index (χ2n) is 7.91. The van der Waals surface area contributed by atoms with Crippen LogP contribution >= 0.6 is 11.6 Å². The zero-order valence-electron chi connectivity index (χ0n) is 14.5. The topological polar surface area (TPSA) is 60.9 Å². The molecule has 3 aliphatic rings. The number of hydrogen-bond donors (Lipinski definition) is 1. The first kappa shape index (κ1) is 17.7. The van der Waals surface area contributed by atoms with E-state index < -0.39 is 11.4 Å². The van der Waals surface area contributed by atoms with Crippen molar-refractivity contribution in [3.05, 3.63) is 34.6 Å². The Morgan fingerprint density at radius 2 is 2.04 bits per heavy atom. The zero-order valence-corrected chi connectivity index (χ0v) is 15.2. The molecule has 1 amide bonds. The molecule has 140 valence electrons. The van der Waals surface area contributed by atoms with Crippen LogP contribution in [0.3, 0.4) is 0 Å². The minimum absolute atomic E-state index is 0.0823. The van der Waals surface area contributed by atoms with Crippen LogP contribution in [0.2, 0.25) is 5.02 Å². The van der Waals surface area contributed by atoms with Crippen molar-refractivity contribution >= 4 is 23.5 Å². The van der Waals surface area contributed by atoms with Crippen LogP contribution < -0.4 is 0 Å². The minimum atomic E-state index is -0.942. The highest BCUT2D eigenvalue weighted by Crippen LogP contribution is 2.44. The number of carbonyl (C=O) groups is 2. The Hall–Kier alpha value is -1.66. The van der Waals surface area contributed by atoms with E-state index in [-0.39, 0.29) is 30.1 Å². The zero-order chi connectivity index (χ0) is 18.5. The molecule has 5 nitrogen and oxygen atoms in total. The van der Waals surface area contributed by atoms with Gasteiger partial charge in [-0.3, -0.25) is 14.5 Å². The van der Waals surface area contributed by atoms with Crippen LogP contribution in [0.1, 0.15) is 24.8 Å². The summed E-state index contributed by atoms with van der Waals surface area (Å²) in [5, 5.41) is 10.2. The summed E-state index contributed by atoms with van der Waals surface area (Å²) in [5.41, 5.74) is -0.431. The molecule has 1 N–H and O–H groups in total. The molecule has 1 aromatic carbocycles. The monoisotopic (exact) mass is 380 g/mol. The number of carboxylic acids is 1. The molecule has 0 unspecified atom stereocenters. The van der Waals surface area contributed by atoms with Crippen molar-refractivity contribution < 1.29 is 19.1 Å². The van der Waals surface area contributed by atoms with Crippen molar-refractivity contribution in [1.29, 1.82) is 0 Å². The van der Waals surface area contributed by atoms with Gasteiger partial charge in [0, 0.05) is 55.1 Å². The summed E-state index contributed by atoms with van der Waals surface area (Å²) in [4.78, 5) is 28.3. The van der Waals surface area contributed by atoms with Gasteiger partial charge < -0.3 is 10.0 Å². The van der Waals surface area contributed by atoms with Gasteiger partial charge >= 0.3 is 5.97 Å². The van der Waals surface area contributed by atoms with Gasteiger partial charge in [-0.15, -0.1) is 0 Å². The first-order chi connectivity index (χ1) is 12.4. The van der Waals surface area contributed by atoms with Gasteiger partial charge in [-0.05, 0) is 25.0 Å². The summed E-state index contributed by atoms with van der Waals surface area (Å²) in [6.45, 7) is 2.00. The van der Waals surface area contributed by atoms with Gasteiger partial charge in [-0.1, -0.05) is 24.1 Å². The van der Waals surface area contributed by atoms with Gasteiger partial charge in [-0.25, -0.2) is 4.39 Å².